The summed E-state index contributed by atoms with van der Waals surface area (Å²) in [5.41, 5.74) is 0.116. The minimum atomic E-state index is -0.0997. The van der Waals surface area contributed by atoms with E-state index in [-0.39, 0.29) is 23.0 Å². The number of carbonyl (C=O) groups is 1. The molecule has 3 nitrogen and oxygen atoms in total. The monoisotopic (exact) mass is 212 g/mol. The second kappa shape index (κ2) is 4.12. The van der Waals surface area contributed by atoms with Crippen LogP contribution in [0.1, 0.15) is 53.9 Å². The highest BCUT2D eigenvalue weighted by atomic mass is 16.2. The normalized spacial score (nSPS) is 20.9. The fraction of sp³-hybridized carbons (Fsp3) is 0.917. The molecule has 0 aromatic rings. The summed E-state index contributed by atoms with van der Waals surface area (Å²) in [6.45, 7) is 10.3. The van der Waals surface area contributed by atoms with Crippen LogP contribution in [0.2, 0.25) is 0 Å². The molecule has 0 aromatic heterocycles. The van der Waals surface area contributed by atoms with Crippen molar-refractivity contribution in [3.63, 3.8) is 0 Å². The summed E-state index contributed by atoms with van der Waals surface area (Å²) in [5.74, 6) is 0.106. The van der Waals surface area contributed by atoms with Crippen LogP contribution >= 0.6 is 0 Å². The van der Waals surface area contributed by atoms with Gasteiger partial charge in [-0.15, -0.1) is 0 Å². The highest BCUT2D eigenvalue weighted by molar-refractivity contribution is 5.82. The topological polar surface area (TPSA) is 41.1 Å². The Kier molecular flexibility index (Phi) is 3.44. The lowest BCUT2D eigenvalue weighted by molar-refractivity contribution is -0.124. The van der Waals surface area contributed by atoms with Gasteiger partial charge in [-0.3, -0.25) is 4.79 Å². The lowest BCUT2D eigenvalue weighted by atomic mass is 10.0. The molecule has 1 saturated carbocycles. The Bertz CT molecular complexity index is 244. The predicted molar refractivity (Wildman–Crippen MR) is 62.7 cm³/mol. The number of rotatable bonds is 5. The molecule has 1 amide bonds. The van der Waals surface area contributed by atoms with E-state index in [1.807, 2.05) is 6.92 Å². The van der Waals surface area contributed by atoms with E-state index >= 15 is 0 Å². The molecule has 0 radical (unpaired) electrons. The van der Waals surface area contributed by atoms with Gasteiger partial charge in [-0.2, -0.15) is 0 Å². The summed E-state index contributed by atoms with van der Waals surface area (Å²) in [7, 11) is 0. The average Bonchev–Trinajstić information content (AvgIpc) is 2.82. The molecule has 3 heteroatoms. The fourth-order valence-corrected chi connectivity index (χ4v) is 1.45. The van der Waals surface area contributed by atoms with E-state index in [4.69, 9.17) is 0 Å². The lowest BCUT2D eigenvalue weighted by Crippen LogP contribution is -2.52. The van der Waals surface area contributed by atoms with Crippen LogP contribution in [0.3, 0.4) is 0 Å². The van der Waals surface area contributed by atoms with Gasteiger partial charge in [0, 0.05) is 11.1 Å². The zero-order valence-electron chi connectivity index (χ0n) is 10.6. The molecule has 0 aliphatic heterocycles. The molecule has 15 heavy (non-hydrogen) atoms. The third-order valence-electron chi connectivity index (χ3n) is 3.30. The van der Waals surface area contributed by atoms with E-state index in [9.17, 15) is 4.79 Å². The number of hydrogen-bond acceptors (Lipinski definition) is 2. The van der Waals surface area contributed by atoms with Crippen LogP contribution in [0.5, 0.6) is 0 Å². The number of hydrogen-bond donors (Lipinski definition) is 2. The maximum atomic E-state index is 11.8. The van der Waals surface area contributed by atoms with Crippen molar-refractivity contribution >= 4 is 5.91 Å². The molecule has 1 atom stereocenters. The maximum Gasteiger partial charge on any atom is 0.237 e. The molecule has 1 aliphatic carbocycles. The second-order valence-electron chi connectivity index (χ2n) is 5.65. The van der Waals surface area contributed by atoms with Crippen LogP contribution in [0, 0.1) is 0 Å². The van der Waals surface area contributed by atoms with Crippen molar-refractivity contribution in [3.8, 4) is 0 Å². The van der Waals surface area contributed by atoms with Crippen LogP contribution in [-0.4, -0.2) is 23.0 Å². The summed E-state index contributed by atoms with van der Waals surface area (Å²) < 4.78 is 0. The van der Waals surface area contributed by atoms with Gasteiger partial charge in [0.15, 0.2) is 0 Å². The van der Waals surface area contributed by atoms with Gasteiger partial charge in [0.1, 0.15) is 0 Å². The van der Waals surface area contributed by atoms with Crippen molar-refractivity contribution in [2.75, 3.05) is 0 Å². The van der Waals surface area contributed by atoms with Crippen LogP contribution in [-0.2, 0) is 4.79 Å². The highest BCUT2D eigenvalue weighted by Crippen LogP contribution is 2.34. The van der Waals surface area contributed by atoms with Gasteiger partial charge in [-0.05, 0) is 47.0 Å². The fourth-order valence-electron chi connectivity index (χ4n) is 1.45. The Morgan fingerprint density at radius 1 is 1.47 bits per heavy atom. The van der Waals surface area contributed by atoms with E-state index in [2.05, 4.69) is 38.3 Å². The first kappa shape index (κ1) is 12.5. The number of amides is 1. The first-order chi connectivity index (χ1) is 6.78. The van der Waals surface area contributed by atoms with Crippen molar-refractivity contribution in [2.45, 2.75) is 71.0 Å². The minimum absolute atomic E-state index is 0.0941. The van der Waals surface area contributed by atoms with Gasteiger partial charge in [0.2, 0.25) is 5.91 Å². The molecular formula is C12H24N2O. The molecule has 0 aromatic carbocycles. The summed E-state index contributed by atoms with van der Waals surface area (Å²) in [6, 6.07) is -0.0941. The number of carbonyl (C=O) groups excluding carboxylic acids is 1. The van der Waals surface area contributed by atoms with Crippen molar-refractivity contribution in [1.29, 1.82) is 0 Å². The first-order valence-electron chi connectivity index (χ1n) is 5.88. The second-order valence-corrected chi connectivity index (χ2v) is 5.65. The molecule has 1 unspecified atom stereocenters. The van der Waals surface area contributed by atoms with E-state index in [0.717, 1.165) is 6.42 Å². The maximum absolute atomic E-state index is 11.8. The largest absolute Gasteiger partial charge is 0.350 e. The van der Waals surface area contributed by atoms with Gasteiger partial charge in [0.25, 0.3) is 0 Å². The molecular weight excluding hydrogens is 188 g/mol. The van der Waals surface area contributed by atoms with E-state index in [1.54, 1.807) is 0 Å². The molecule has 1 rings (SSSR count). The third-order valence-corrected chi connectivity index (χ3v) is 3.30. The van der Waals surface area contributed by atoms with Crippen molar-refractivity contribution in [3.05, 3.63) is 0 Å². The zero-order chi connectivity index (χ0) is 11.7. The minimum Gasteiger partial charge on any atom is -0.350 e. The molecule has 2 N–H and O–H groups in total. The molecule has 0 saturated heterocycles. The van der Waals surface area contributed by atoms with Crippen LogP contribution in [0.15, 0.2) is 0 Å². The Balaban J connectivity index is 2.39. The molecule has 1 aliphatic rings. The average molecular weight is 212 g/mol. The SMILES string of the molecule is CCC(C)(C)NC(=O)C(C)NC1(C)CC1. The van der Waals surface area contributed by atoms with E-state index in [1.165, 1.54) is 12.8 Å². The van der Waals surface area contributed by atoms with Crippen LogP contribution in [0.25, 0.3) is 0 Å². The molecule has 0 spiro atoms. The van der Waals surface area contributed by atoms with Crippen molar-refractivity contribution in [1.82, 2.24) is 10.6 Å². The quantitative estimate of drug-likeness (QED) is 0.730. The summed E-state index contributed by atoms with van der Waals surface area (Å²) >= 11 is 0. The number of nitrogens with one attached hydrogen (secondary N) is 2. The Morgan fingerprint density at radius 2 is 2.00 bits per heavy atom. The Hall–Kier alpha value is -0.570. The first-order valence-corrected chi connectivity index (χ1v) is 5.88. The van der Waals surface area contributed by atoms with E-state index < -0.39 is 0 Å². The van der Waals surface area contributed by atoms with Gasteiger partial charge in [-0.1, -0.05) is 6.92 Å². The predicted octanol–water partition coefficient (Wildman–Crippen LogP) is 1.82. The molecule has 88 valence electrons. The third kappa shape index (κ3) is 3.82. The van der Waals surface area contributed by atoms with Crippen molar-refractivity contribution < 1.29 is 4.79 Å². The molecule has 0 heterocycles. The summed E-state index contributed by atoms with van der Waals surface area (Å²) in [6.07, 6.45) is 3.31. The zero-order valence-corrected chi connectivity index (χ0v) is 10.6. The van der Waals surface area contributed by atoms with Gasteiger partial charge >= 0.3 is 0 Å². The van der Waals surface area contributed by atoms with Crippen molar-refractivity contribution in [2.24, 2.45) is 0 Å². The standard InChI is InChI=1S/C12H24N2O/c1-6-11(3,4)14-10(15)9(2)13-12(5)7-8-12/h9,13H,6-8H2,1-5H3,(H,14,15). The summed E-state index contributed by atoms with van der Waals surface area (Å²) in [4.78, 5) is 11.8. The Labute approximate surface area is 93.0 Å². The Morgan fingerprint density at radius 3 is 2.40 bits per heavy atom. The molecule has 1 fully saturated rings. The lowest BCUT2D eigenvalue weighted by Gasteiger charge is -2.28. The highest BCUT2D eigenvalue weighted by Gasteiger charge is 2.39. The van der Waals surface area contributed by atoms with Gasteiger partial charge < -0.3 is 10.6 Å². The molecule has 0 bridgehead atoms. The summed E-state index contributed by atoms with van der Waals surface area (Å²) in [5, 5.41) is 6.42. The van der Waals surface area contributed by atoms with Crippen LogP contribution in [0.4, 0.5) is 0 Å². The van der Waals surface area contributed by atoms with Gasteiger partial charge in [0.05, 0.1) is 6.04 Å². The van der Waals surface area contributed by atoms with Crippen LogP contribution < -0.4 is 10.6 Å². The van der Waals surface area contributed by atoms with E-state index in [0.29, 0.717) is 0 Å². The smallest absolute Gasteiger partial charge is 0.237 e. The van der Waals surface area contributed by atoms with Gasteiger partial charge in [-0.25, -0.2) is 0 Å².